The third kappa shape index (κ3) is 3.88. The van der Waals surface area contributed by atoms with E-state index in [1.165, 1.54) is 38.2 Å². The van der Waals surface area contributed by atoms with Crippen molar-refractivity contribution in [2.24, 2.45) is 34.5 Å². The molecular weight excluding hydrogens is 393 g/mol. The number of rotatable bonds is 6. The van der Waals surface area contributed by atoms with Crippen LogP contribution in [0.3, 0.4) is 0 Å². The minimum absolute atomic E-state index is 0.155. The van der Waals surface area contributed by atoms with Crippen molar-refractivity contribution < 1.29 is 19.4 Å². The lowest BCUT2D eigenvalue weighted by Gasteiger charge is -2.58. The largest absolute Gasteiger partial charge is 0.481 e. The molecule has 9 unspecified atom stereocenters. The SMILES string of the molecule is CC(C(=O)O)C(F)CCN(C)C1CCC2C3CC=C4CC(O)CCC4(C)C3CCC21C. The van der Waals surface area contributed by atoms with Gasteiger partial charge in [0.05, 0.1) is 12.0 Å². The molecule has 176 valence electrons. The highest BCUT2D eigenvalue weighted by Crippen LogP contribution is 2.65. The predicted octanol–water partition coefficient (Wildman–Crippen LogP) is 5.06. The number of aliphatic hydroxyl groups is 1. The molecule has 9 atom stereocenters. The summed E-state index contributed by atoms with van der Waals surface area (Å²) in [7, 11) is 2.12. The average molecular weight is 436 g/mol. The molecule has 0 aromatic carbocycles. The van der Waals surface area contributed by atoms with Crippen molar-refractivity contribution in [1.82, 2.24) is 4.90 Å². The Kier molecular flexibility index (Phi) is 6.33. The molecule has 4 aliphatic carbocycles. The van der Waals surface area contributed by atoms with Crippen molar-refractivity contribution in [2.75, 3.05) is 13.6 Å². The van der Waals surface area contributed by atoms with Crippen molar-refractivity contribution >= 4 is 5.97 Å². The van der Waals surface area contributed by atoms with Crippen LogP contribution in [0.25, 0.3) is 0 Å². The highest BCUT2D eigenvalue weighted by molar-refractivity contribution is 5.70. The summed E-state index contributed by atoms with van der Waals surface area (Å²) < 4.78 is 14.3. The fraction of sp³-hybridized carbons (Fsp3) is 0.885. The van der Waals surface area contributed by atoms with Crippen molar-refractivity contribution in [3.63, 3.8) is 0 Å². The Morgan fingerprint density at radius 1 is 1.23 bits per heavy atom. The van der Waals surface area contributed by atoms with Crippen LogP contribution >= 0.6 is 0 Å². The van der Waals surface area contributed by atoms with Gasteiger partial charge in [-0.1, -0.05) is 25.5 Å². The fourth-order valence-electron chi connectivity index (χ4n) is 8.23. The second kappa shape index (κ2) is 8.44. The van der Waals surface area contributed by atoms with Gasteiger partial charge < -0.3 is 15.1 Å². The zero-order valence-electron chi connectivity index (χ0n) is 19.8. The standard InChI is InChI=1S/C26H42FNO3/c1-16(24(30)31)22(27)11-14-28(4)23-8-7-20-19-6-5-17-15-18(29)9-12-25(17,2)21(19)10-13-26(20,23)3/h5,16,18-23,29H,6-15H2,1-4H3,(H,30,31). The molecule has 2 N–H and O–H groups in total. The smallest absolute Gasteiger partial charge is 0.309 e. The van der Waals surface area contributed by atoms with E-state index in [-0.39, 0.29) is 16.9 Å². The van der Waals surface area contributed by atoms with Crippen LogP contribution in [0.5, 0.6) is 0 Å². The Bertz CT molecular complexity index is 725. The number of halogens is 1. The van der Waals surface area contributed by atoms with Crippen LogP contribution in [0.15, 0.2) is 11.6 Å². The molecule has 0 amide bonds. The fourth-order valence-corrected chi connectivity index (χ4v) is 8.23. The maximum absolute atomic E-state index is 14.3. The highest BCUT2D eigenvalue weighted by atomic mass is 19.1. The molecule has 0 saturated heterocycles. The summed E-state index contributed by atoms with van der Waals surface area (Å²) in [6.45, 7) is 7.03. The van der Waals surface area contributed by atoms with E-state index in [1.54, 1.807) is 0 Å². The number of alkyl halides is 1. The molecule has 0 aromatic rings. The molecule has 3 fully saturated rings. The van der Waals surface area contributed by atoms with Crippen LogP contribution in [0.1, 0.15) is 78.6 Å². The summed E-state index contributed by atoms with van der Waals surface area (Å²) >= 11 is 0. The van der Waals surface area contributed by atoms with E-state index in [0.29, 0.717) is 24.9 Å². The topological polar surface area (TPSA) is 60.8 Å². The first-order chi connectivity index (χ1) is 14.6. The zero-order chi connectivity index (χ0) is 22.6. The van der Waals surface area contributed by atoms with E-state index in [1.807, 2.05) is 0 Å². The summed E-state index contributed by atoms with van der Waals surface area (Å²) in [5.41, 5.74) is 2.04. The van der Waals surface area contributed by atoms with Crippen LogP contribution in [0.2, 0.25) is 0 Å². The lowest BCUT2D eigenvalue weighted by atomic mass is 9.48. The maximum atomic E-state index is 14.3. The van der Waals surface area contributed by atoms with Crippen molar-refractivity contribution in [2.45, 2.75) is 96.9 Å². The summed E-state index contributed by atoms with van der Waals surface area (Å²) in [6, 6.07) is 0.456. The third-order valence-corrected chi connectivity index (χ3v) is 10.2. The number of nitrogens with zero attached hydrogens (tertiary/aromatic N) is 1. The molecule has 0 aromatic heterocycles. The van der Waals surface area contributed by atoms with Gasteiger partial charge in [0.2, 0.25) is 0 Å². The molecule has 0 radical (unpaired) electrons. The van der Waals surface area contributed by atoms with Gasteiger partial charge in [-0.3, -0.25) is 4.79 Å². The van der Waals surface area contributed by atoms with E-state index in [2.05, 4.69) is 31.9 Å². The molecule has 0 bridgehead atoms. The van der Waals surface area contributed by atoms with Gasteiger partial charge in [-0.2, -0.15) is 0 Å². The van der Waals surface area contributed by atoms with Gasteiger partial charge in [0, 0.05) is 12.6 Å². The lowest BCUT2D eigenvalue weighted by molar-refractivity contribution is -0.143. The predicted molar refractivity (Wildman–Crippen MR) is 120 cm³/mol. The van der Waals surface area contributed by atoms with Gasteiger partial charge in [0.1, 0.15) is 6.17 Å². The summed E-state index contributed by atoms with van der Waals surface area (Å²) in [5, 5.41) is 19.3. The van der Waals surface area contributed by atoms with E-state index >= 15 is 0 Å². The Balaban J connectivity index is 1.45. The van der Waals surface area contributed by atoms with Crippen LogP contribution < -0.4 is 0 Å². The third-order valence-electron chi connectivity index (χ3n) is 10.2. The summed E-state index contributed by atoms with van der Waals surface area (Å²) in [6.07, 6.45) is 10.3. The first-order valence-electron chi connectivity index (χ1n) is 12.5. The Morgan fingerprint density at radius 3 is 2.68 bits per heavy atom. The average Bonchev–Trinajstić information content (AvgIpc) is 3.09. The molecule has 5 heteroatoms. The number of carbonyl (C=O) groups is 1. The molecule has 3 saturated carbocycles. The normalized spacial score (nSPS) is 44.1. The van der Waals surface area contributed by atoms with Crippen molar-refractivity contribution in [3.8, 4) is 0 Å². The second-order valence-corrected chi connectivity index (χ2v) is 11.7. The number of carboxylic acid groups (broad SMARTS) is 1. The van der Waals surface area contributed by atoms with Gasteiger partial charge in [0.15, 0.2) is 0 Å². The van der Waals surface area contributed by atoms with E-state index in [9.17, 15) is 14.3 Å². The van der Waals surface area contributed by atoms with Gasteiger partial charge >= 0.3 is 5.97 Å². The lowest BCUT2D eigenvalue weighted by Crippen LogP contribution is -2.53. The van der Waals surface area contributed by atoms with Gasteiger partial charge in [-0.15, -0.1) is 0 Å². The summed E-state index contributed by atoms with van der Waals surface area (Å²) in [5.74, 6) is 0.179. The van der Waals surface area contributed by atoms with Crippen LogP contribution in [0, 0.1) is 34.5 Å². The first kappa shape index (κ1) is 23.2. The van der Waals surface area contributed by atoms with Crippen molar-refractivity contribution in [3.05, 3.63) is 11.6 Å². The van der Waals surface area contributed by atoms with Gasteiger partial charge in [-0.05, 0) is 100 Å². The quantitative estimate of drug-likeness (QED) is 0.573. The monoisotopic (exact) mass is 435 g/mol. The van der Waals surface area contributed by atoms with Crippen molar-refractivity contribution in [1.29, 1.82) is 0 Å². The molecule has 4 rings (SSSR count). The minimum Gasteiger partial charge on any atom is -0.481 e. The van der Waals surface area contributed by atoms with Gasteiger partial charge in [-0.25, -0.2) is 4.39 Å². The molecule has 31 heavy (non-hydrogen) atoms. The number of aliphatic carboxylic acids is 1. The number of aliphatic hydroxyl groups excluding tert-OH is 1. The number of carboxylic acids is 1. The molecular formula is C26H42FNO3. The number of hydrogen-bond donors (Lipinski definition) is 2. The number of hydrogen-bond acceptors (Lipinski definition) is 3. The van der Waals surface area contributed by atoms with Crippen LogP contribution in [-0.2, 0) is 4.79 Å². The zero-order valence-corrected chi connectivity index (χ0v) is 19.8. The molecule has 0 spiro atoms. The highest BCUT2D eigenvalue weighted by Gasteiger charge is 2.59. The molecule has 0 aliphatic heterocycles. The number of fused-ring (bicyclic) bond motifs is 5. The molecule has 4 aliphatic rings. The summed E-state index contributed by atoms with van der Waals surface area (Å²) in [4.78, 5) is 13.4. The Morgan fingerprint density at radius 2 is 1.97 bits per heavy atom. The molecule has 0 heterocycles. The van der Waals surface area contributed by atoms with E-state index in [0.717, 1.165) is 37.5 Å². The van der Waals surface area contributed by atoms with E-state index in [4.69, 9.17) is 5.11 Å². The van der Waals surface area contributed by atoms with Crippen LogP contribution in [-0.4, -0.2) is 53.0 Å². The van der Waals surface area contributed by atoms with E-state index < -0.39 is 18.1 Å². The second-order valence-electron chi connectivity index (χ2n) is 11.7. The Hall–Kier alpha value is -0.940. The maximum Gasteiger partial charge on any atom is 0.309 e. The van der Waals surface area contributed by atoms with Gasteiger partial charge in [0.25, 0.3) is 0 Å². The number of allylic oxidation sites excluding steroid dienone is 1. The molecule has 4 nitrogen and oxygen atoms in total. The minimum atomic E-state index is -1.29. The Labute approximate surface area is 187 Å². The van der Waals surface area contributed by atoms with Crippen LogP contribution in [0.4, 0.5) is 4.39 Å². The first-order valence-corrected chi connectivity index (χ1v) is 12.5.